The molecule has 1 fully saturated rings. The summed E-state index contributed by atoms with van der Waals surface area (Å²) in [7, 11) is 0. The zero-order valence-electron chi connectivity index (χ0n) is 16.7. The number of aromatic nitrogens is 2. The van der Waals surface area contributed by atoms with Crippen molar-refractivity contribution in [1.29, 1.82) is 0 Å². The predicted octanol–water partition coefficient (Wildman–Crippen LogP) is 3.91. The van der Waals surface area contributed by atoms with Gasteiger partial charge in [-0.3, -0.25) is 9.80 Å². The van der Waals surface area contributed by atoms with Crippen molar-refractivity contribution in [1.82, 2.24) is 19.8 Å². The van der Waals surface area contributed by atoms with Crippen molar-refractivity contribution in [3.8, 4) is 0 Å². The minimum atomic E-state index is -0.169. The van der Waals surface area contributed by atoms with Gasteiger partial charge in [-0.25, -0.2) is 14.4 Å². The van der Waals surface area contributed by atoms with Crippen molar-refractivity contribution in [3.05, 3.63) is 59.4 Å². The minimum absolute atomic E-state index is 0.169. The van der Waals surface area contributed by atoms with Gasteiger partial charge in [0.25, 0.3) is 0 Å². The molecular weight excluding hydrogens is 339 g/mol. The lowest BCUT2D eigenvalue weighted by Gasteiger charge is -2.34. The Hall–Kier alpha value is -1.85. The van der Waals surface area contributed by atoms with Gasteiger partial charge >= 0.3 is 0 Å². The van der Waals surface area contributed by atoms with Crippen molar-refractivity contribution in [2.24, 2.45) is 5.92 Å². The van der Waals surface area contributed by atoms with E-state index in [1.54, 1.807) is 12.1 Å². The van der Waals surface area contributed by atoms with E-state index < -0.39 is 0 Å². The van der Waals surface area contributed by atoms with Crippen molar-refractivity contribution in [2.75, 3.05) is 19.6 Å². The molecule has 1 saturated heterocycles. The highest BCUT2D eigenvalue weighted by Gasteiger charge is 2.27. The van der Waals surface area contributed by atoms with Gasteiger partial charge in [0.2, 0.25) is 0 Å². The first kappa shape index (κ1) is 19.9. The molecule has 0 N–H and O–H groups in total. The van der Waals surface area contributed by atoms with E-state index in [1.807, 2.05) is 24.5 Å². The van der Waals surface area contributed by atoms with Gasteiger partial charge in [0.15, 0.2) is 0 Å². The van der Waals surface area contributed by atoms with Gasteiger partial charge in [0.1, 0.15) is 11.6 Å². The molecule has 0 amide bonds. The van der Waals surface area contributed by atoms with Gasteiger partial charge < -0.3 is 0 Å². The minimum Gasteiger partial charge on any atom is -0.297 e. The lowest BCUT2D eigenvalue weighted by atomic mass is 10.0. The Morgan fingerprint density at radius 1 is 1.04 bits per heavy atom. The van der Waals surface area contributed by atoms with E-state index in [2.05, 4.69) is 40.5 Å². The second kappa shape index (κ2) is 9.38. The molecule has 146 valence electrons. The molecule has 0 spiro atoms. The van der Waals surface area contributed by atoms with Crippen molar-refractivity contribution in [2.45, 2.75) is 52.7 Å². The predicted molar refractivity (Wildman–Crippen MR) is 107 cm³/mol. The first-order chi connectivity index (χ1) is 13.0. The zero-order chi connectivity index (χ0) is 19.2. The molecule has 5 heteroatoms. The Morgan fingerprint density at radius 2 is 1.74 bits per heavy atom. The maximum absolute atomic E-state index is 13.2. The standard InChI is InChI=1S/C22H31FN4/c1-4-22-24-12-19(13-25-22)14-26-10-5-11-27(21(16-26)17(2)3)15-18-6-8-20(23)9-7-18/h6-9,12-13,17,21H,4-5,10-11,14-16H2,1-3H3. The van der Waals surface area contributed by atoms with Crippen LogP contribution in [-0.2, 0) is 19.5 Å². The van der Waals surface area contributed by atoms with Crippen LogP contribution >= 0.6 is 0 Å². The van der Waals surface area contributed by atoms with Crippen LogP contribution < -0.4 is 0 Å². The number of hydrogen-bond donors (Lipinski definition) is 0. The van der Waals surface area contributed by atoms with E-state index in [4.69, 9.17) is 0 Å². The highest BCUT2D eigenvalue weighted by Crippen LogP contribution is 2.21. The topological polar surface area (TPSA) is 32.3 Å². The van der Waals surface area contributed by atoms with Crippen molar-refractivity contribution < 1.29 is 4.39 Å². The summed E-state index contributed by atoms with van der Waals surface area (Å²) in [6.45, 7) is 11.6. The van der Waals surface area contributed by atoms with E-state index in [-0.39, 0.29) is 5.82 Å². The summed E-state index contributed by atoms with van der Waals surface area (Å²) in [5.41, 5.74) is 2.36. The van der Waals surface area contributed by atoms with Gasteiger partial charge in [-0.1, -0.05) is 32.9 Å². The number of hydrogen-bond acceptors (Lipinski definition) is 4. The molecule has 27 heavy (non-hydrogen) atoms. The van der Waals surface area contributed by atoms with E-state index in [0.29, 0.717) is 12.0 Å². The van der Waals surface area contributed by atoms with Gasteiger partial charge in [0.05, 0.1) is 0 Å². The molecule has 1 aliphatic heterocycles. The maximum Gasteiger partial charge on any atom is 0.127 e. The second-order valence-electron chi connectivity index (χ2n) is 7.86. The molecule has 2 aromatic rings. The van der Waals surface area contributed by atoms with Crippen LogP contribution in [0.2, 0.25) is 0 Å². The molecule has 1 atom stereocenters. The smallest absolute Gasteiger partial charge is 0.127 e. The lowest BCUT2D eigenvalue weighted by molar-refractivity contribution is 0.130. The summed E-state index contributed by atoms with van der Waals surface area (Å²) in [6.07, 6.45) is 5.95. The quantitative estimate of drug-likeness (QED) is 0.772. The average molecular weight is 371 g/mol. The lowest BCUT2D eigenvalue weighted by Crippen LogP contribution is -2.43. The number of nitrogens with zero attached hydrogens (tertiary/aromatic N) is 4. The number of rotatable bonds is 6. The van der Waals surface area contributed by atoms with E-state index >= 15 is 0 Å². The Labute approximate surface area is 162 Å². The average Bonchev–Trinajstić information content (AvgIpc) is 2.86. The van der Waals surface area contributed by atoms with E-state index in [0.717, 1.165) is 51.4 Å². The second-order valence-corrected chi connectivity index (χ2v) is 7.86. The largest absolute Gasteiger partial charge is 0.297 e. The summed E-state index contributed by atoms with van der Waals surface area (Å²) in [6, 6.07) is 7.41. The molecular formula is C22H31FN4. The van der Waals surface area contributed by atoms with Crippen LogP contribution in [0, 0.1) is 11.7 Å². The number of aryl methyl sites for hydroxylation is 1. The van der Waals surface area contributed by atoms with Gasteiger partial charge in [0, 0.05) is 56.6 Å². The Bertz CT molecular complexity index is 699. The molecule has 0 radical (unpaired) electrons. The highest BCUT2D eigenvalue weighted by atomic mass is 19.1. The molecule has 0 saturated carbocycles. The van der Waals surface area contributed by atoms with E-state index in [9.17, 15) is 4.39 Å². The SMILES string of the molecule is CCc1ncc(CN2CCCN(Cc3ccc(F)cc3)C(C(C)C)C2)cn1. The van der Waals surface area contributed by atoms with Crippen LogP contribution in [0.1, 0.15) is 44.1 Å². The molecule has 0 bridgehead atoms. The number of benzene rings is 1. The normalized spacial score (nSPS) is 19.4. The molecule has 3 rings (SSSR count). The summed E-state index contributed by atoms with van der Waals surface area (Å²) in [5.74, 6) is 1.29. The fourth-order valence-corrected chi connectivity index (χ4v) is 3.84. The molecule has 1 unspecified atom stereocenters. The van der Waals surface area contributed by atoms with Crippen LogP contribution in [0.15, 0.2) is 36.7 Å². The summed E-state index contributed by atoms with van der Waals surface area (Å²) < 4.78 is 13.2. The van der Waals surface area contributed by atoms with Crippen molar-refractivity contribution in [3.63, 3.8) is 0 Å². The van der Waals surface area contributed by atoms with Crippen LogP contribution in [0.5, 0.6) is 0 Å². The van der Waals surface area contributed by atoms with Gasteiger partial charge in [-0.15, -0.1) is 0 Å². The molecule has 1 aromatic heterocycles. The third kappa shape index (κ3) is 5.56. The fourth-order valence-electron chi connectivity index (χ4n) is 3.84. The third-order valence-corrected chi connectivity index (χ3v) is 5.38. The monoisotopic (exact) mass is 370 g/mol. The first-order valence-corrected chi connectivity index (χ1v) is 10.1. The molecule has 1 aromatic carbocycles. The Kier molecular flexibility index (Phi) is 6.91. The third-order valence-electron chi connectivity index (χ3n) is 5.38. The summed E-state index contributed by atoms with van der Waals surface area (Å²) in [4.78, 5) is 14.0. The molecule has 4 nitrogen and oxygen atoms in total. The number of halogens is 1. The zero-order valence-corrected chi connectivity index (χ0v) is 16.7. The van der Waals surface area contributed by atoms with Gasteiger partial charge in [-0.05, 0) is 36.6 Å². The van der Waals surface area contributed by atoms with Crippen LogP contribution in [0.4, 0.5) is 4.39 Å². The van der Waals surface area contributed by atoms with Crippen LogP contribution in [-0.4, -0.2) is 45.4 Å². The molecule has 1 aliphatic rings. The first-order valence-electron chi connectivity index (χ1n) is 10.1. The maximum atomic E-state index is 13.2. The Balaban J connectivity index is 1.67. The molecule has 0 aliphatic carbocycles. The summed E-state index contributed by atoms with van der Waals surface area (Å²) >= 11 is 0. The van der Waals surface area contributed by atoms with E-state index in [1.165, 1.54) is 11.1 Å². The molecule has 2 heterocycles. The van der Waals surface area contributed by atoms with Gasteiger partial charge in [-0.2, -0.15) is 0 Å². The Morgan fingerprint density at radius 3 is 2.37 bits per heavy atom. The summed E-state index contributed by atoms with van der Waals surface area (Å²) in [5, 5.41) is 0. The fraction of sp³-hybridized carbons (Fsp3) is 0.545. The highest BCUT2D eigenvalue weighted by molar-refractivity contribution is 5.16. The van der Waals surface area contributed by atoms with Crippen LogP contribution in [0.25, 0.3) is 0 Å². The van der Waals surface area contributed by atoms with Crippen molar-refractivity contribution >= 4 is 0 Å². The van der Waals surface area contributed by atoms with Crippen LogP contribution in [0.3, 0.4) is 0 Å².